The van der Waals surface area contributed by atoms with Gasteiger partial charge in [0.1, 0.15) is 109 Å². The number of β-amino-alcohol motifs (C(OH)–C–C–N with tert-alkyl or cyclic N) is 1. The Balaban J connectivity index is 1.84. The minimum Gasteiger partial charge on any atom is -0.481 e. The van der Waals surface area contributed by atoms with Crippen molar-refractivity contribution in [1.82, 2.24) is 115 Å². The first-order valence-corrected chi connectivity index (χ1v) is 49.2. The highest BCUT2D eigenvalue weighted by molar-refractivity contribution is 7.80. The van der Waals surface area contributed by atoms with Crippen LogP contribution in [0.2, 0.25) is 0 Å². The van der Waals surface area contributed by atoms with Crippen molar-refractivity contribution in [1.29, 1.82) is 10.8 Å². The van der Waals surface area contributed by atoms with Crippen molar-refractivity contribution >= 4 is 210 Å². The summed E-state index contributed by atoms with van der Waals surface area (Å²) in [6.45, 7) is 8.13. The second-order valence-corrected chi connectivity index (χ2v) is 37.1. The Kier molecular flexibility index (Phi) is 54.9. The maximum absolute atomic E-state index is 14.6. The number of carbonyl (C=O) groups is 25. The van der Waals surface area contributed by atoms with E-state index in [1.165, 1.54) is 26.4 Å². The van der Waals surface area contributed by atoms with Gasteiger partial charge in [0.2, 0.25) is 130 Å². The Labute approximate surface area is 874 Å². The number of aromatic amines is 1. The highest BCUT2D eigenvalue weighted by atomic mass is 32.1. The summed E-state index contributed by atoms with van der Waals surface area (Å²) < 4.78 is 0. The Morgan fingerprint density at radius 2 is 0.812 bits per heavy atom. The molecule has 3 unspecified atom stereocenters. The maximum atomic E-state index is 14.6. The Bertz CT molecular complexity index is 4960. The van der Waals surface area contributed by atoms with E-state index < -0.39 is 373 Å². The average molecular weight is 2190 g/mol. The first kappa shape index (κ1) is 129. The Hall–Kier alpha value is -14.2. The van der Waals surface area contributed by atoms with Crippen LogP contribution in [0.5, 0.6) is 0 Å². The summed E-state index contributed by atoms with van der Waals surface area (Å²) in [5, 5.41) is 108. The summed E-state index contributed by atoms with van der Waals surface area (Å²) in [6, 6.07) is -33.1. The van der Waals surface area contributed by atoms with Crippen LogP contribution in [0.4, 0.5) is 0 Å². The van der Waals surface area contributed by atoms with Gasteiger partial charge in [0.05, 0.1) is 50.8 Å². The van der Waals surface area contributed by atoms with Crippen molar-refractivity contribution in [3.05, 3.63) is 18.2 Å². The number of aliphatic carboxylic acids is 3. The van der Waals surface area contributed by atoms with E-state index in [1.807, 2.05) is 5.32 Å². The zero-order valence-electron chi connectivity index (χ0n) is 82.4. The van der Waals surface area contributed by atoms with Gasteiger partial charge < -0.3 is 176 Å². The number of primary amides is 4. The van der Waals surface area contributed by atoms with Crippen LogP contribution in [0, 0.1) is 34.5 Å². The van der Waals surface area contributed by atoms with E-state index in [0.29, 0.717) is 6.42 Å². The maximum Gasteiger partial charge on any atom is 0.317 e. The van der Waals surface area contributed by atoms with Gasteiger partial charge in [0, 0.05) is 80.3 Å². The Morgan fingerprint density at radius 3 is 1.23 bits per heavy atom. The number of nitrogens with zero attached hydrogens (tertiary/aromatic N) is 3. The fourth-order valence-electron chi connectivity index (χ4n) is 14.8. The van der Waals surface area contributed by atoms with E-state index in [2.05, 4.69) is 151 Å². The van der Waals surface area contributed by atoms with E-state index in [0.717, 1.165) is 16.7 Å². The topological polar surface area (TPSA) is 1010 Å². The minimum atomic E-state index is -2.52. The number of carboxylic acid groups (broad SMARTS) is 3. The summed E-state index contributed by atoms with van der Waals surface area (Å²) >= 11 is 16.4. The molecule has 0 radical (unpaired) electrons. The molecule has 832 valence electrons. The summed E-state index contributed by atoms with van der Waals surface area (Å²) in [5.41, 5.74) is 39.2. The lowest BCUT2D eigenvalue weighted by atomic mass is 9.98. The number of hydrogen-bond donors (Lipinski definition) is 37. The molecule has 0 aromatic carbocycles. The minimum absolute atomic E-state index is 0.0142. The van der Waals surface area contributed by atoms with Gasteiger partial charge in [-0.2, -0.15) is 50.5 Å². The van der Waals surface area contributed by atoms with Gasteiger partial charge in [-0.15, -0.1) is 0 Å². The number of carboxylic acids is 3. The van der Waals surface area contributed by atoms with E-state index in [4.69, 9.17) is 51.0 Å². The number of amides is 22. The molecule has 0 bridgehead atoms. The number of nitrogens with one attached hydrogen (secondary N) is 21. The molecule has 65 heteroatoms. The lowest BCUT2D eigenvalue weighted by Crippen LogP contribution is -2.62. The molecule has 1 aromatic rings. The molecule has 149 heavy (non-hydrogen) atoms. The standard InChI is InChI=1S/C84H137N31O30S4/c1-8-35(6)59(88)76(137)100-40(12-9-15-95-83(90)91)64(125)102-45(24-58(121)122)68(129)101-43(20-39(81(142)143)82(144)145)66(127)110-52(31-149)73(134)111-51(30-148)72(133)107-48(27-116)70(131)106-46(22-56(86)119)79(140)114-17-11-14-53(114)74(135)98-36(7)63(124)109-50(29-147)71(132)99-41(13-10-16-96-84(92)93)65(126)112-60(33(2)3)77(138)104-44(21-55(85)118)67(128)105-47(23-57(87)120)80(141)115-26-38(117)19-54(115)75(136)103-42(18-37-25-94-32-97-37)69(130)113-61(34(4)5)78(139)108-49(28-146)62(89)123/h25,32-36,38-54,59-61,116-117,146-149H,8-24,26-31,88H2,1-7H3,(H2,85,118)(H2,86,119)(H2,87,120)(H2,89,123)(H,94,97)(H,98,135)(H,99,132)(H,100,137)(H,101,129)(H,102,125)(H,103,136)(H,104,138)(H,105,128)(H,106,131)(H,107,133)(H,108,139)(H,109,124)(H,110,127)(H,111,134)(H,112,126)(H,113,130)(H,121,122)(H,142,143)(H,144,145)(H4,90,91,95)(H4,92,93,96)/t35-,36-,38?,40-,41-,42-,43?,44-,45-,46-,47-,48-,49-,50-,51-,52-,53-,54?,59-,60-,61-/m0/s1. The molecule has 21 atom stereocenters. The molecular formula is C84H137N31O30S4. The van der Waals surface area contributed by atoms with Crippen LogP contribution in [0.15, 0.2) is 12.5 Å². The third kappa shape index (κ3) is 42.9. The van der Waals surface area contributed by atoms with Crippen LogP contribution in [-0.4, -0.2) is 382 Å². The molecule has 0 aliphatic carbocycles. The van der Waals surface area contributed by atoms with E-state index in [9.17, 15) is 145 Å². The van der Waals surface area contributed by atoms with Gasteiger partial charge in [0.25, 0.3) is 0 Å². The van der Waals surface area contributed by atoms with Crippen molar-refractivity contribution < 1.29 is 145 Å². The molecule has 3 rings (SSSR count). The molecule has 2 aliphatic heterocycles. The fraction of sp³-hybridized carbons (Fsp3) is 0.643. The number of imidazole rings is 1. The summed E-state index contributed by atoms with van der Waals surface area (Å²) in [7, 11) is 0. The summed E-state index contributed by atoms with van der Waals surface area (Å²) in [4.78, 5) is 348. The molecule has 40 N–H and O–H groups in total. The molecule has 2 saturated heterocycles. The first-order valence-electron chi connectivity index (χ1n) is 46.7. The molecule has 22 amide bonds. The molecule has 2 aliphatic rings. The average Bonchev–Trinajstić information content (AvgIpc) is 1.66. The number of H-pyrrole nitrogens is 1. The molecule has 61 nitrogen and oxygen atoms in total. The fourth-order valence-corrected chi connectivity index (χ4v) is 15.8. The zero-order valence-corrected chi connectivity index (χ0v) is 86.0. The smallest absolute Gasteiger partial charge is 0.317 e. The van der Waals surface area contributed by atoms with Crippen molar-refractivity contribution in [3.8, 4) is 0 Å². The lowest BCUT2D eigenvalue weighted by molar-refractivity contribution is -0.156. The van der Waals surface area contributed by atoms with E-state index >= 15 is 0 Å². The number of guanidine groups is 2. The number of aromatic nitrogens is 2. The summed E-state index contributed by atoms with van der Waals surface area (Å²) in [6.07, 6.45) is -5.64. The molecule has 0 spiro atoms. The van der Waals surface area contributed by atoms with Crippen molar-refractivity contribution in [3.63, 3.8) is 0 Å². The molecule has 2 fully saturated rings. The van der Waals surface area contributed by atoms with Gasteiger partial charge in [-0.25, -0.2) is 4.98 Å². The van der Waals surface area contributed by atoms with Gasteiger partial charge in [0.15, 0.2) is 17.8 Å². The van der Waals surface area contributed by atoms with E-state index in [-0.39, 0.29) is 76.0 Å². The van der Waals surface area contributed by atoms with Gasteiger partial charge in [-0.05, 0) is 63.2 Å². The Morgan fingerprint density at radius 1 is 0.443 bits per heavy atom. The number of rotatable bonds is 66. The quantitative estimate of drug-likeness (QED) is 0.00947. The van der Waals surface area contributed by atoms with Crippen LogP contribution in [0.1, 0.15) is 138 Å². The highest BCUT2D eigenvalue weighted by Gasteiger charge is 2.47. The predicted octanol–water partition coefficient (Wildman–Crippen LogP) is -15.6. The van der Waals surface area contributed by atoms with Gasteiger partial charge in [-0.3, -0.25) is 131 Å². The van der Waals surface area contributed by atoms with Crippen LogP contribution in [0.3, 0.4) is 0 Å². The molecule has 0 saturated carbocycles. The number of likely N-dealkylation sites (tertiary alicyclic amines) is 2. The molecular weight excluding hydrogens is 2050 g/mol. The molecule has 3 heterocycles. The molecule has 1 aromatic heterocycles. The third-order valence-electron chi connectivity index (χ3n) is 23.3. The third-order valence-corrected chi connectivity index (χ3v) is 24.7. The van der Waals surface area contributed by atoms with Gasteiger partial charge in [-0.1, -0.05) is 48.0 Å². The number of aliphatic hydroxyl groups is 2. The zero-order chi connectivity index (χ0) is 113. The number of hydrogen-bond acceptors (Lipinski definition) is 35. The second-order valence-electron chi connectivity index (χ2n) is 35.6. The number of nitrogens with two attached hydrogens (primary N) is 7. The number of thiol groups is 4. The monoisotopic (exact) mass is 2190 g/mol. The van der Waals surface area contributed by atoms with Crippen LogP contribution < -0.4 is 136 Å². The first-order chi connectivity index (χ1) is 69.8. The van der Waals surface area contributed by atoms with Crippen molar-refractivity contribution in [2.24, 2.45) is 63.8 Å². The summed E-state index contributed by atoms with van der Waals surface area (Å²) in [5.74, 6) is -39.6. The number of aliphatic hydroxyl groups excluding tert-OH is 2. The van der Waals surface area contributed by atoms with Crippen molar-refractivity contribution in [2.45, 2.75) is 259 Å². The lowest BCUT2D eigenvalue weighted by Gasteiger charge is -2.31. The SMILES string of the molecule is CC[C@H](C)[C@H](N)C(=O)N[C@@H](CCCNC(=N)N)C(=O)N[C@@H](CC(=O)O)C(=O)NC(CC(C(=O)O)C(=O)O)C(=O)N[C@@H](CS)C(=O)N[C@@H](CS)C(=O)N[C@@H](CO)C(=O)N[C@@H](CC(N)=O)C(=O)N1CCC[C@H]1C(=O)N[C@@H](C)C(=O)N[C@@H](CS)C(=O)N[C@@H](CCCNC(=N)N)C(=O)N[C@H](C(=O)N[C@@H](CC(N)=O)C(=O)N[C@@H](CC(N)=O)C(=O)N1CC(O)CC1C(=O)N[C@@H](Cc1cnc[nH]1)C(=O)N[C@H](C(=O)N[C@@H](CS)C(N)=O)C(C)C)C(C)C. The predicted molar refractivity (Wildman–Crippen MR) is 534 cm³/mol. The van der Waals surface area contributed by atoms with Gasteiger partial charge >= 0.3 is 17.9 Å². The van der Waals surface area contributed by atoms with Crippen molar-refractivity contribution in [2.75, 3.05) is 55.8 Å². The number of carbonyl (C=O) groups excluding carboxylic acids is 22. The van der Waals surface area contributed by atoms with Crippen LogP contribution in [-0.2, 0) is 126 Å². The second kappa shape index (κ2) is 63.5. The van der Waals surface area contributed by atoms with E-state index in [1.54, 1.807) is 27.7 Å². The van der Waals surface area contributed by atoms with Crippen LogP contribution >= 0.6 is 50.5 Å². The highest BCUT2D eigenvalue weighted by Crippen LogP contribution is 2.24. The largest absolute Gasteiger partial charge is 0.481 e. The van der Waals surface area contributed by atoms with Crippen LogP contribution in [0.25, 0.3) is 0 Å². The normalized spacial score (nSPS) is 17.3.